The molecule has 0 radical (unpaired) electrons. The number of methoxy groups -OCH3 is 1. The molecule has 0 atom stereocenters. The van der Waals surface area contributed by atoms with E-state index in [4.69, 9.17) is 17.0 Å². The van der Waals surface area contributed by atoms with Gasteiger partial charge in [-0.05, 0) is 48.2 Å². The van der Waals surface area contributed by atoms with E-state index in [0.717, 1.165) is 22.0 Å². The summed E-state index contributed by atoms with van der Waals surface area (Å²) >= 11 is 8.40. The average Bonchev–Trinajstić information content (AvgIpc) is 2.64. The number of rotatable bonds is 5. The molecule has 0 unspecified atom stereocenters. The van der Waals surface area contributed by atoms with Crippen LogP contribution in [0.3, 0.4) is 0 Å². The van der Waals surface area contributed by atoms with Crippen LogP contribution in [-0.4, -0.2) is 23.5 Å². The van der Waals surface area contributed by atoms with E-state index in [-0.39, 0.29) is 5.91 Å². The third-order valence-corrected chi connectivity index (χ3v) is 5.90. The van der Waals surface area contributed by atoms with Crippen molar-refractivity contribution < 1.29 is 9.53 Å². The van der Waals surface area contributed by atoms with Crippen LogP contribution in [0.25, 0.3) is 0 Å². The molecule has 1 aliphatic rings. The van der Waals surface area contributed by atoms with Crippen molar-refractivity contribution in [1.29, 1.82) is 0 Å². The van der Waals surface area contributed by atoms with Crippen molar-refractivity contribution in [3.63, 3.8) is 0 Å². The van der Waals surface area contributed by atoms with Gasteiger partial charge in [0.25, 0.3) is 5.91 Å². The Balaban J connectivity index is 1.80. The van der Waals surface area contributed by atoms with Gasteiger partial charge in [-0.15, -0.1) is 11.8 Å². The fraction of sp³-hybridized carbons (Fsp3) is 0.111. The molecule has 0 saturated carbocycles. The molecular formula is C18H15NO2S3. The number of hydrogen-bond acceptors (Lipinski definition) is 5. The summed E-state index contributed by atoms with van der Waals surface area (Å²) in [5.74, 6) is 0.775. The maximum Gasteiger partial charge on any atom is 0.272 e. The van der Waals surface area contributed by atoms with Crippen molar-refractivity contribution in [3.8, 4) is 5.75 Å². The molecule has 1 amide bonds. The van der Waals surface area contributed by atoms with Gasteiger partial charge in [0.05, 0.1) is 11.3 Å². The maximum absolute atomic E-state index is 12.6. The van der Waals surface area contributed by atoms with Gasteiger partial charge in [0.15, 0.2) is 0 Å². The van der Waals surface area contributed by atoms with Crippen LogP contribution in [0.4, 0.5) is 5.69 Å². The first-order valence-corrected chi connectivity index (χ1v) is 9.64. The quantitative estimate of drug-likeness (QED) is 0.710. The number of carbonyl (C=O) groups excluding carboxylic acids is 1. The molecule has 2 aromatic carbocycles. The zero-order valence-corrected chi connectivity index (χ0v) is 15.6. The zero-order chi connectivity index (χ0) is 17.1. The van der Waals surface area contributed by atoms with E-state index in [9.17, 15) is 4.79 Å². The predicted molar refractivity (Wildman–Crippen MR) is 107 cm³/mol. The molecule has 2 aromatic rings. The standard InChI is InChI=1S/C18H15NO2S3/c1-21-14-10-8-12(9-11-14)18(22)24-15-16(20)19(17(15)23-2)13-6-4-3-5-7-13/h3-11H,1-2H3. The van der Waals surface area contributed by atoms with Crippen LogP contribution in [0, 0.1) is 0 Å². The highest BCUT2D eigenvalue weighted by molar-refractivity contribution is 8.27. The van der Waals surface area contributed by atoms with Crippen molar-refractivity contribution in [2.24, 2.45) is 0 Å². The van der Waals surface area contributed by atoms with Gasteiger partial charge in [-0.2, -0.15) is 0 Å². The van der Waals surface area contributed by atoms with Crippen molar-refractivity contribution >= 4 is 51.5 Å². The summed E-state index contributed by atoms with van der Waals surface area (Å²) in [7, 11) is 1.63. The summed E-state index contributed by atoms with van der Waals surface area (Å²) in [4.78, 5) is 15.0. The van der Waals surface area contributed by atoms with E-state index in [1.165, 1.54) is 11.8 Å². The number of thiocarbonyl (C=S) groups is 1. The number of amides is 1. The summed E-state index contributed by atoms with van der Waals surface area (Å²) in [6.07, 6.45) is 1.97. The Bertz CT molecular complexity index is 801. The summed E-state index contributed by atoms with van der Waals surface area (Å²) < 4.78 is 5.83. The minimum atomic E-state index is -0.00795. The Morgan fingerprint density at radius 3 is 2.33 bits per heavy atom. The summed E-state index contributed by atoms with van der Waals surface area (Å²) in [5.41, 5.74) is 1.79. The van der Waals surface area contributed by atoms with Gasteiger partial charge >= 0.3 is 0 Å². The fourth-order valence-electron chi connectivity index (χ4n) is 2.30. The lowest BCUT2D eigenvalue weighted by Gasteiger charge is -2.34. The second-order valence-electron chi connectivity index (χ2n) is 4.93. The lowest BCUT2D eigenvalue weighted by atomic mass is 10.2. The monoisotopic (exact) mass is 373 g/mol. The molecule has 1 aliphatic heterocycles. The van der Waals surface area contributed by atoms with Gasteiger partial charge in [0.2, 0.25) is 0 Å². The van der Waals surface area contributed by atoms with Crippen molar-refractivity contribution in [2.45, 2.75) is 0 Å². The van der Waals surface area contributed by atoms with Gasteiger partial charge in [-0.25, -0.2) is 0 Å². The number of thioether (sulfide) groups is 2. The third-order valence-electron chi connectivity index (χ3n) is 3.52. The molecule has 3 nitrogen and oxygen atoms in total. The normalized spacial score (nSPS) is 13.8. The Labute approximate surface area is 155 Å². The number of nitrogens with zero attached hydrogens (tertiary/aromatic N) is 1. The zero-order valence-electron chi connectivity index (χ0n) is 13.2. The Kier molecular flexibility index (Phi) is 5.28. The van der Waals surface area contributed by atoms with Crippen LogP contribution in [-0.2, 0) is 4.79 Å². The van der Waals surface area contributed by atoms with Crippen LogP contribution in [0.15, 0.2) is 64.5 Å². The summed E-state index contributed by atoms with van der Waals surface area (Å²) in [6.45, 7) is 0. The first kappa shape index (κ1) is 17.1. The van der Waals surface area contributed by atoms with Gasteiger partial charge in [-0.1, -0.05) is 42.2 Å². The molecule has 122 valence electrons. The van der Waals surface area contributed by atoms with Gasteiger partial charge in [0, 0.05) is 5.69 Å². The van der Waals surface area contributed by atoms with Crippen molar-refractivity contribution in [1.82, 2.24) is 0 Å². The third kappa shape index (κ3) is 3.22. The van der Waals surface area contributed by atoms with E-state index in [1.54, 1.807) is 23.8 Å². The average molecular weight is 374 g/mol. The highest BCUT2D eigenvalue weighted by Gasteiger charge is 2.38. The minimum absolute atomic E-state index is 0.00795. The number of benzene rings is 2. The second kappa shape index (κ2) is 7.42. The number of carbonyl (C=O) groups is 1. The van der Waals surface area contributed by atoms with E-state index >= 15 is 0 Å². The van der Waals surface area contributed by atoms with E-state index in [0.29, 0.717) is 9.10 Å². The molecule has 0 aliphatic carbocycles. The van der Waals surface area contributed by atoms with Crippen LogP contribution in [0.1, 0.15) is 5.56 Å². The maximum atomic E-state index is 12.6. The molecule has 0 fully saturated rings. The van der Waals surface area contributed by atoms with Crippen LogP contribution in [0.2, 0.25) is 0 Å². The lowest BCUT2D eigenvalue weighted by molar-refractivity contribution is -0.115. The van der Waals surface area contributed by atoms with Crippen LogP contribution < -0.4 is 9.64 Å². The molecule has 1 heterocycles. The highest BCUT2D eigenvalue weighted by Crippen LogP contribution is 2.43. The van der Waals surface area contributed by atoms with Crippen LogP contribution >= 0.6 is 35.7 Å². The molecule has 0 saturated heterocycles. The summed E-state index contributed by atoms with van der Waals surface area (Å²) in [5, 5.41) is 0.937. The van der Waals surface area contributed by atoms with Crippen molar-refractivity contribution in [2.75, 3.05) is 18.3 Å². The SMILES string of the molecule is COc1ccc(C(=S)SC2=C(SC)N(c3ccccc3)C2=O)cc1. The molecule has 0 spiro atoms. The smallest absolute Gasteiger partial charge is 0.272 e. The van der Waals surface area contributed by atoms with E-state index < -0.39 is 0 Å². The van der Waals surface area contributed by atoms with Gasteiger partial charge in [-0.3, -0.25) is 9.69 Å². The fourth-order valence-corrected chi connectivity index (χ4v) is 4.50. The van der Waals surface area contributed by atoms with Gasteiger partial charge < -0.3 is 4.74 Å². The summed E-state index contributed by atoms with van der Waals surface area (Å²) in [6, 6.07) is 17.2. The Morgan fingerprint density at radius 2 is 1.75 bits per heavy atom. The number of hydrogen-bond donors (Lipinski definition) is 0. The molecule has 0 N–H and O–H groups in total. The van der Waals surface area contributed by atoms with Crippen LogP contribution in [0.5, 0.6) is 5.75 Å². The van der Waals surface area contributed by atoms with E-state index in [1.807, 2.05) is 60.9 Å². The number of anilines is 1. The lowest BCUT2D eigenvalue weighted by Crippen LogP contribution is -2.40. The topological polar surface area (TPSA) is 29.5 Å². The largest absolute Gasteiger partial charge is 0.497 e. The molecule has 3 rings (SSSR count). The molecular weight excluding hydrogens is 358 g/mol. The Morgan fingerprint density at radius 1 is 1.08 bits per heavy atom. The predicted octanol–water partition coefficient (Wildman–Crippen LogP) is 4.68. The highest BCUT2D eigenvalue weighted by atomic mass is 32.2. The molecule has 24 heavy (non-hydrogen) atoms. The molecule has 0 aromatic heterocycles. The number of para-hydroxylation sites is 1. The second-order valence-corrected chi connectivity index (χ2v) is 7.41. The first-order valence-electron chi connectivity index (χ1n) is 7.19. The number of ether oxygens (including phenoxy) is 1. The van der Waals surface area contributed by atoms with Crippen molar-refractivity contribution in [3.05, 3.63) is 70.1 Å². The first-order chi connectivity index (χ1) is 11.7. The molecule has 6 heteroatoms. The molecule has 0 bridgehead atoms. The van der Waals surface area contributed by atoms with Gasteiger partial charge in [0.1, 0.15) is 15.7 Å². The Hall–Kier alpha value is -1.76. The van der Waals surface area contributed by atoms with E-state index in [2.05, 4.69) is 0 Å². The minimum Gasteiger partial charge on any atom is -0.497 e.